The van der Waals surface area contributed by atoms with Gasteiger partial charge in [-0.25, -0.2) is 14.5 Å². The smallest absolute Gasteiger partial charge is 0.335 e. The molecule has 5 rings (SSSR count). The first-order chi connectivity index (χ1) is 14.6. The Kier molecular flexibility index (Phi) is 4.48. The van der Waals surface area contributed by atoms with E-state index in [1.54, 1.807) is 18.2 Å². The number of aromatic nitrogens is 4. The van der Waals surface area contributed by atoms with Gasteiger partial charge in [0.05, 0.1) is 46.8 Å². The van der Waals surface area contributed by atoms with Gasteiger partial charge in [-0.15, -0.1) is 0 Å². The second-order valence-electron chi connectivity index (χ2n) is 7.25. The number of carboxylic acids is 1. The summed E-state index contributed by atoms with van der Waals surface area (Å²) in [7, 11) is 0. The second-order valence-corrected chi connectivity index (χ2v) is 7.25. The Morgan fingerprint density at radius 2 is 1.90 bits per heavy atom. The van der Waals surface area contributed by atoms with E-state index in [4.69, 9.17) is 14.8 Å². The Balaban J connectivity index is 1.70. The Bertz CT molecular complexity index is 1220. The summed E-state index contributed by atoms with van der Waals surface area (Å²) in [5.74, 6) is 0.670. The van der Waals surface area contributed by atoms with Crippen molar-refractivity contribution in [1.82, 2.24) is 19.7 Å². The highest BCUT2D eigenvalue weighted by atomic mass is 16.5. The molecule has 4 aromatic rings. The highest BCUT2D eigenvalue weighted by Crippen LogP contribution is 2.36. The maximum absolute atomic E-state index is 11.3. The van der Waals surface area contributed by atoms with Gasteiger partial charge in [0.25, 0.3) is 0 Å². The Morgan fingerprint density at radius 3 is 2.63 bits per heavy atom. The summed E-state index contributed by atoms with van der Waals surface area (Å²) < 4.78 is 7.50. The molecule has 0 spiro atoms. The Labute approximate surface area is 172 Å². The summed E-state index contributed by atoms with van der Waals surface area (Å²) in [5.41, 5.74) is 4.35. The predicted molar refractivity (Wildman–Crippen MR) is 113 cm³/mol. The molecule has 3 heterocycles. The molecule has 0 radical (unpaired) electrons. The van der Waals surface area contributed by atoms with Crippen molar-refractivity contribution < 1.29 is 14.6 Å². The average Bonchev–Trinajstić information content (AvgIpc) is 3.34. The summed E-state index contributed by atoms with van der Waals surface area (Å²) in [5, 5.41) is 14.1. The monoisotopic (exact) mass is 403 g/mol. The van der Waals surface area contributed by atoms with Crippen LogP contribution in [0.5, 0.6) is 0 Å². The zero-order valence-corrected chi connectivity index (χ0v) is 16.5. The number of carboxylic acid groups (broad SMARTS) is 1. The van der Waals surface area contributed by atoms with Crippen LogP contribution < -0.4 is 4.90 Å². The molecule has 0 unspecified atom stereocenters. The minimum atomic E-state index is -0.963. The van der Waals surface area contributed by atoms with Crippen molar-refractivity contribution in [3.05, 3.63) is 59.8 Å². The lowest BCUT2D eigenvalue weighted by Crippen LogP contribution is -2.37. The summed E-state index contributed by atoms with van der Waals surface area (Å²) >= 11 is 0. The van der Waals surface area contributed by atoms with Crippen molar-refractivity contribution in [3.63, 3.8) is 0 Å². The van der Waals surface area contributed by atoms with Crippen LogP contribution in [0.1, 0.15) is 16.1 Å². The van der Waals surface area contributed by atoms with Crippen LogP contribution in [0.2, 0.25) is 0 Å². The number of hydrogen-bond acceptors (Lipinski definition) is 5. The zero-order valence-electron chi connectivity index (χ0n) is 16.5. The summed E-state index contributed by atoms with van der Waals surface area (Å²) in [6, 6.07) is 14.9. The average molecular weight is 403 g/mol. The summed E-state index contributed by atoms with van der Waals surface area (Å²) in [6.45, 7) is 4.79. The number of benzene rings is 2. The molecular formula is C22H21N5O3. The van der Waals surface area contributed by atoms with E-state index < -0.39 is 5.97 Å². The van der Waals surface area contributed by atoms with Crippen molar-refractivity contribution in [1.29, 1.82) is 0 Å². The summed E-state index contributed by atoms with van der Waals surface area (Å²) in [4.78, 5) is 21.6. The SMILES string of the molecule is Cc1nn(-c2ccccc2)c(N2CCOCC2)c1-c1nc2ccc(C(=O)O)cc2[nH]1. The highest BCUT2D eigenvalue weighted by molar-refractivity contribution is 5.93. The highest BCUT2D eigenvalue weighted by Gasteiger charge is 2.26. The van der Waals surface area contributed by atoms with Gasteiger partial charge < -0.3 is 19.7 Å². The quantitative estimate of drug-likeness (QED) is 0.543. The molecule has 30 heavy (non-hydrogen) atoms. The summed E-state index contributed by atoms with van der Waals surface area (Å²) in [6.07, 6.45) is 0. The van der Waals surface area contributed by atoms with E-state index in [2.05, 4.69) is 9.88 Å². The lowest BCUT2D eigenvalue weighted by atomic mass is 10.2. The molecule has 1 aliphatic heterocycles. The predicted octanol–water partition coefficient (Wildman–Crippen LogP) is 3.26. The maximum Gasteiger partial charge on any atom is 0.335 e. The molecule has 1 fully saturated rings. The molecule has 0 amide bonds. The van der Waals surface area contributed by atoms with Crippen LogP contribution >= 0.6 is 0 Å². The third kappa shape index (κ3) is 3.11. The van der Waals surface area contributed by atoms with Crippen LogP contribution in [0.3, 0.4) is 0 Å². The number of aryl methyl sites for hydroxylation is 1. The molecule has 8 heteroatoms. The fraction of sp³-hybridized carbons (Fsp3) is 0.227. The third-order valence-corrected chi connectivity index (χ3v) is 5.31. The molecule has 0 aliphatic carbocycles. The van der Waals surface area contributed by atoms with E-state index in [0.717, 1.165) is 41.4 Å². The number of imidazole rings is 1. The number of nitrogens with one attached hydrogen (secondary N) is 1. The van der Waals surface area contributed by atoms with E-state index in [9.17, 15) is 9.90 Å². The van der Waals surface area contributed by atoms with Crippen molar-refractivity contribution in [2.75, 3.05) is 31.2 Å². The van der Waals surface area contributed by atoms with Crippen molar-refractivity contribution in [2.45, 2.75) is 6.92 Å². The number of H-pyrrole nitrogens is 1. The first-order valence-electron chi connectivity index (χ1n) is 9.83. The minimum absolute atomic E-state index is 0.225. The van der Waals surface area contributed by atoms with Crippen molar-refractivity contribution in [2.24, 2.45) is 0 Å². The maximum atomic E-state index is 11.3. The Morgan fingerprint density at radius 1 is 1.13 bits per heavy atom. The van der Waals surface area contributed by atoms with Gasteiger partial charge >= 0.3 is 5.97 Å². The van der Waals surface area contributed by atoms with Gasteiger partial charge in [0, 0.05) is 13.1 Å². The molecule has 0 atom stereocenters. The van der Waals surface area contributed by atoms with Crippen LogP contribution in [0.4, 0.5) is 5.82 Å². The molecule has 152 valence electrons. The number of aromatic amines is 1. The van der Waals surface area contributed by atoms with Gasteiger partial charge in [0.1, 0.15) is 11.6 Å². The molecule has 2 aromatic carbocycles. The largest absolute Gasteiger partial charge is 0.478 e. The molecule has 2 aromatic heterocycles. The number of fused-ring (bicyclic) bond motifs is 1. The number of ether oxygens (including phenoxy) is 1. The molecule has 1 saturated heterocycles. The van der Waals surface area contributed by atoms with E-state index in [0.29, 0.717) is 24.6 Å². The van der Waals surface area contributed by atoms with E-state index in [1.165, 1.54) is 0 Å². The molecule has 1 aliphatic rings. The lowest BCUT2D eigenvalue weighted by molar-refractivity contribution is 0.0697. The van der Waals surface area contributed by atoms with Crippen molar-refractivity contribution in [3.8, 4) is 17.1 Å². The van der Waals surface area contributed by atoms with E-state index in [1.807, 2.05) is 41.9 Å². The molecule has 0 saturated carbocycles. The normalized spacial score (nSPS) is 14.4. The first kappa shape index (κ1) is 18.4. The number of carbonyl (C=O) groups is 1. The number of anilines is 1. The van der Waals surface area contributed by atoms with Gasteiger partial charge in [0.2, 0.25) is 0 Å². The number of aromatic carboxylic acids is 1. The number of rotatable bonds is 4. The topological polar surface area (TPSA) is 96.3 Å². The van der Waals surface area contributed by atoms with Crippen LogP contribution in [-0.4, -0.2) is 57.1 Å². The fourth-order valence-corrected chi connectivity index (χ4v) is 3.87. The first-order valence-corrected chi connectivity index (χ1v) is 9.83. The molecular weight excluding hydrogens is 382 g/mol. The van der Waals surface area contributed by atoms with Crippen LogP contribution in [-0.2, 0) is 4.74 Å². The molecule has 2 N–H and O–H groups in total. The number of nitrogens with zero attached hydrogens (tertiary/aromatic N) is 4. The van der Waals surface area contributed by atoms with Gasteiger partial charge in [-0.05, 0) is 37.3 Å². The van der Waals surface area contributed by atoms with Gasteiger partial charge in [0.15, 0.2) is 0 Å². The van der Waals surface area contributed by atoms with E-state index in [-0.39, 0.29) is 5.56 Å². The van der Waals surface area contributed by atoms with Gasteiger partial charge in [-0.1, -0.05) is 18.2 Å². The van der Waals surface area contributed by atoms with Crippen LogP contribution in [0.25, 0.3) is 28.1 Å². The fourth-order valence-electron chi connectivity index (χ4n) is 3.87. The third-order valence-electron chi connectivity index (χ3n) is 5.31. The zero-order chi connectivity index (χ0) is 20.7. The second kappa shape index (κ2) is 7.31. The Hall–Kier alpha value is -3.65. The van der Waals surface area contributed by atoms with Crippen LogP contribution in [0, 0.1) is 6.92 Å². The van der Waals surface area contributed by atoms with Gasteiger partial charge in [-0.3, -0.25) is 0 Å². The number of hydrogen-bond donors (Lipinski definition) is 2. The lowest BCUT2D eigenvalue weighted by Gasteiger charge is -2.30. The standard InChI is InChI=1S/C22H21N5O3/c1-14-19(20-23-17-8-7-15(22(28)29)13-18(17)24-20)21(26-9-11-30-12-10-26)27(25-14)16-5-3-2-4-6-16/h2-8,13H,9-12H2,1H3,(H,23,24)(H,28,29). The minimum Gasteiger partial charge on any atom is -0.478 e. The van der Waals surface area contributed by atoms with Crippen LogP contribution in [0.15, 0.2) is 48.5 Å². The molecule has 8 nitrogen and oxygen atoms in total. The van der Waals surface area contributed by atoms with E-state index >= 15 is 0 Å². The number of morpholine rings is 1. The number of para-hydroxylation sites is 1. The van der Waals surface area contributed by atoms with Crippen molar-refractivity contribution >= 4 is 22.8 Å². The molecule has 0 bridgehead atoms. The van der Waals surface area contributed by atoms with Gasteiger partial charge in [-0.2, -0.15) is 5.10 Å².